The lowest BCUT2D eigenvalue weighted by Crippen LogP contribution is -2.33. The Balaban J connectivity index is 4.26. The van der Waals surface area contributed by atoms with Gasteiger partial charge in [-0.3, -0.25) is 0 Å². The Morgan fingerprint density at radius 3 is 1.91 bits per heavy atom. The van der Waals surface area contributed by atoms with Crippen molar-refractivity contribution in [3.8, 4) is 0 Å². The molecule has 0 bridgehead atoms. The molecule has 11 heavy (non-hydrogen) atoms. The topological polar surface area (TPSA) is 46.2 Å². The quantitative estimate of drug-likeness (QED) is 0.687. The van der Waals surface area contributed by atoms with Crippen LogP contribution >= 0.6 is 0 Å². The maximum Gasteiger partial charge on any atom is 0.214 e. The molecule has 0 spiro atoms. The monoisotopic (exact) mass is 179 g/mol. The molecule has 0 radical (unpaired) electrons. The summed E-state index contributed by atoms with van der Waals surface area (Å²) in [5.41, 5.74) is 0. The van der Waals surface area contributed by atoms with Crippen molar-refractivity contribution in [3.63, 3.8) is 0 Å². The fraction of sp³-hybridized carbons (Fsp3) is 1.00. The Hall–Kier alpha value is -0.0900. The van der Waals surface area contributed by atoms with Gasteiger partial charge in [0, 0.05) is 6.54 Å². The van der Waals surface area contributed by atoms with E-state index in [-0.39, 0.29) is 5.25 Å². The third-order valence-corrected chi connectivity index (χ3v) is 3.93. The molecule has 68 valence electrons. The standard InChI is InChI=1S/C7H17NO2S/c1-4-7(5-2)11(9,10)8-6-3/h7-8H,4-6H2,1-3H3. The Morgan fingerprint density at radius 1 is 1.18 bits per heavy atom. The Labute approximate surface area is 69.2 Å². The highest BCUT2D eigenvalue weighted by atomic mass is 32.2. The minimum absolute atomic E-state index is 0.220. The summed E-state index contributed by atoms with van der Waals surface area (Å²) in [5.74, 6) is 0. The molecule has 4 heteroatoms. The van der Waals surface area contributed by atoms with Gasteiger partial charge in [-0.25, -0.2) is 13.1 Å². The zero-order valence-corrected chi connectivity index (χ0v) is 8.24. The van der Waals surface area contributed by atoms with Crippen molar-refractivity contribution in [3.05, 3.63) is 0 Å². The molecule has 0 fully saturated rings. The van der Waals surface area contributed by atoms with Gasteiger partial charge in [0.1, 0.15) is 0 Å². The average Bonchev–Trinajstić information content (AvgIpc) is 1.89. The molecule has 3 nitrogen and oxygen atoms in total. The van der Waals surface area contributed by atoms with Gasteiger partial charge in [-0.2, -0.15) is 0 Å². The van der Waals surface area contributed by atoms with Gasteiger partial charge < -0.3 is 0 Å². The number of hydrogen-bond donors (Lipinski definition) is 1. The van der Waals surface area contributed by atoms with Gasteiger partial charge in [-0.15, -0.1) is 0 Å². The molecule has 0 saturated heterocycles. The van der Waals surface area contributed by atoms with Gasteiger partial charge in [0.2, 0.25) is 10.0 Å². The first-order valence-electron chi connectivity index (χ1n) is 4.06. The predicted octanol–water partition coefficient (Wildman–Crippen LogP) is 1.11. The normalized spacial score (nSPS) is 12.4. The van der Waals surface area contributed by atoms with Crippen LogP contribution in [-0.4, -0.2) is 20.2 Å². The molecule has 0 saturated carbocycles. The SMILES string of the molecule is CCNS(=O)(=O)C(CC)CC. The zero-order valence-electron chi connectivity index (χ0n) is 7.42. The van der Waals surface area contributed by atoms with Crippen LogP contribution in [0.15, 0.2) is 0 Å². The third kappa shape index (κ3) is 3.20. The van der Waals surface area contributed by atoms with Crippen LogP contribution in [-0.2, 0) is 10.0 Å². The Kier molecular flexibility index (Phi) is 4.68. The zero-order chi connectivity index (χ0) is 8.91. The lowest BCUT2D eigenvalue weighted by Gasteiger charge is -2.12. The predicted molar refractivity (Wildman–Crippen MR) is 47.0 cm³/mol. The van der Waals surface area contributed by atoms with Crippen LogP contribution in [0.25, 0.3) is 0 Å². The van der Waals surface area contributed by atoms with E-state index in [9.17, 15) is 8.42 Å². The van der Waals surface area contributed by atoms with Gasteiger partial charge in [0.25, 0.3) is 0 Å². The maximum absolute atomic E-state index is 11.3. The summed E-state index contributed by atoms with van der Waals surface area (Å²) in [6.07, 6.45) is 1.37. The van der Waals surface area contributed by atoms with Crippen molar-refractivity contribution >= 4 is 10.0 Å². The number of sulfonamides is 1. The van der Waals surface area contributed by atoms with Crippen LogP contribution in [0.5, 0.6) is 0 Å². The maximum atomic E-state index is 11.3. The highest BCUT2D eigenvalue weighted by molar-refractivity contribution is 7.90. The second kappa shape index (κ2) is 4.72. The summed E-state index contributed by atoms with van der Waals surface area (Å²) in [4.78, 5) is 0. The van der Waals surface area contributed by atoms with Crippen LogP contribution in [0.3, 0.4) is 0 Å². The van der Waals surface area contributed by atoms with Crippen LogP contribution in [0.4, 0.5) is 0 Å². The molecular weight excluding hydrogens is 162 g/mol. The second-order valence-corrected chi connectivity index (χ2v) is 4.53. The summed E-state index contributed by atoms with van der Waals surface area (Å²) in [6, 6.07) is 0. The smallest absolute Gasteiger partial charge is 0.214 e. The lowest BCUT2D eigenvalue weighted by molar-refractivity contribution is 0.559. The Bertz CT molecular complexity index is 183. The van der Waals surface area contributed by atoms with E-state index in [2.05, 4.69) is 4.72 Å². The summed E-state index contributed by atoms with van der Waals surface area (Å²) >= 11 is 0. The van der Waals surface area contributed by atoms with E-state index >= 15 is 0 Å². The Morgan fingerprint density at radius 2 is 1.64 bits per heavy atom. The molecule has 0 heterocycles. The molecule has 0 atom stereocenters. The molecule has 0 aliphatic rings. The van der Waals surface area contributed by atoms with Crippen molar-refractivity contribution in [1.82, 2.24) is 4.72 Å². The summed E-state index contributed by atoms with van der Waals surface area (Å²) in [7, 11) is -3.02. The molecule has 0 unspecified atom stereocenters. The second-order valence-electron chi connectivity index (χ2n) is 2.48. The van der Waals surface area contributed by atoms with E-state index in [4.69, 9.17) is 0 Å². The first-order chi connectivity index (χ1) is 5.08. The summed E-state index contributed by atoms with van der Waals surface area (Å²) in [6.45, 7) is 6.06. The highest BCUT2D eigenvalue weighted by Gasteiger charge is 2.19. The van der Waals surface area contributed by atoms with Gasteiger partial charge >= 0.3 is 0 Å². The first-order valence-corrected chi connectivity index (χ1v) is 5.61. The molecule has 0 aromatic carbocycles. The molecule has 0 rings (SSSR count). The van der Waals surface area contributed by atoms with Crippen molar-refractivity contribution < 1.29 is 8.42 Å². The van der Waals surface area contributed by atoms with E-state index in [1.54, 1.807) is 6.92 Å². The van der Waals surface area contributed by atoms with Crippen molar-refractivity contribution in [2.75, 3.05) is 6.54 Å². The highest BCUT2D eigenvalue weighted by Crippen LogP contribution is 2.07. The first kappa shape index (κ1) is 10.9. The van der Waals surface area contributed by atoms with Gasteiger partial charge in [0.15, 0.2) is 0 Å². The number of nitrogens with one attached hydrogen (secondary N) is 1. The van der Waals surface area contributed by atoms with E-state index in [0.717, 1.165) is 0 Å². The molecular formula is C7H17NO2S. The van der Waals surface area contributed by atoms with E-state index in [1.165, 1.54) is 0 Å². The van der Waals surface area contributed by atoms with E-state index < -0.39 is 10.0 Å². The minimum Gasteiger partial charge on any atom is -0.215 e. The summed E-state index contributed by atoms with van der Waals surface area (Å²) < 4.78 is 25.1. The molecule has 0 aliphatic heterocycles. The molecule has 0 amide bonds. The minimum atomic E-state index is -3.02. The van der Waals surface area contributed by atoms with Crippen molar-refractivity contribution in [2.24, 2.45) is 0 Å². The van der Waals surface area contributed by atoms with E-state index in [1.807, 2.05) is 13.8 Å². The summed E-state index contributed by atoms with van der Waals surface area (Å²) in [5, 5.41) is -0.220. The fourth-order valence-corrected chi connectivity index (χ4v) is 2.56. The van der Waals surface area contributed by atoms with Crippen LogP contribution in [0.2, 0.25) is 0 Å². The van der Waals surface area contributed by atoms with Gasteiger partial charge in [0.05, 0.1) is 5.25 Å². The van der Waals surface area contributed by atoms with Crippen LogP contribution in [0.1, 0.15) is 33.6 Å². The molecule has 0 aromatic heterocycles. The van der Waals surface area contributed by atoms with E-state index in [0.29, 0.717) is 19.4 Å². The van der Waals surface area contributed by atoms with Crippen molar-refractivity contribution in [1.29, 1.82) is 0 Å². The number of rotatable bonds is 5. The molecule has 1 N–H and O–H groups in total. The number of hydrogen-bond acceptors (Lipinski definition) is 2. The van der Waals surface area contributed by atoms with Crippen molar-refractivity contribution in [2.45, 2.75) is 38.9 Å². The van der Waals surface area contributed by atoms with Crippen LogP contribution in [0, 0.1) is 0 Å². The van der Waals surface area contributed by atoms with Gasteiger partial charge in [-0.05, 0) is 12.8 Å². The third-order valence-electron chi connectivity index (χ3n) is 1.70. The van der Waals surface area contributed by atoms with Crippen LogP contribution < -0.4 is 4.72 Å². The average molecular weight is 179 g/mol. The molecule has 0 aliphatic carbocycles. The fourth-order valence-electron chi connectivity index (χ4n) is 1.05. The lowest BCUT2D eigenvalue weighted by atomic mass is 10.3. The molecule has 0 aromatic rings. The van der Waals surface area contributed by atoms with Gasteiger partial charge in [-0.1, -0.05) is 20.8 Å². The largest absolute Gasteiger partial charge is 0.215 e.